The van der Waals surface area contributed by atoms with Crippen LogP contribution in [0.15, 0.2) is 4.99 Å². The molecule has 0 aliphatic rings. The Bertz CT molecular complexity index is 87.3. The number of aliphatic imine (C=N–C) groups is 1. The first-order chi connectivity index (χ1) is 3.31. The van der Waals surface area contributed by atoms with Crippen LogP contribution in [-0.2, 0) is 0 Å². The highest BCUT2D eigenvalue weighted by Crippen LogP contribution is 1.82. The largest absolute Gasteiger partial charge is 0.309 e. The van der Waals surface area contributed by atoms with Gasteiger partial charge in [0.1, 0.15) is 6.17 Å². The standard InChI is InChI=1S/C4H9N3.ClH/c1-2-4(6)7-3-5;/h4-5H,2,6H2,1H3;1H. The second kappa shape index (κ2) is 6.63. The van der Waals surface area contributed by atoms with Gasteiger partial charge in [-0.05, 0) is 6.42 Å². The van der Waals surface area contributed by atoms with Gasteiger partial charge in [-0.15, -0.1) is 12.4 Å². The Labute approximate surface area is 54.9 Å². The molecule has 8 heavy (non-hydrogen) atoms. The van der Waals surface area contributed by atoms with Crippen LogP contribution in [0.1, 0.15) is 13.3 Å². The first-order valence-corrected chi connectivity index (χ1v) is 2.18. The quantitative estimate of drug-likeness (QED) is 0.542. The fourth-order valence-corrected chi connectivity index (χ4v) is 0.174. The summed E-state index contributed by atoms with van der Waals surface area (Å²) in [5, 5.41) is 6.34. The molecule has 3 nitrogen and oxygen atoms in total. The predicted octanol–water partition coefficient (Wildman–Crippen LogP) is 0.856. The summed E-state index contributed by atoms with van der Waals surface area (Å²) in [4.78, 5) is 3.44. The van der Waals surface area contributed by atoms with Crippen molar-refractivity contribution in [3.63, 3.8) is 0 Å². The summed E-state index contributed by atoms with van der Waals surface area (Å²) < 4.78 is 0. The molecule has 0 aliphatic carbocycles. The fraction of sp³-hybridized carbons (Fsp3) is 0.750. The van der Waals surface area contributed by atoms with Gasteiger partial charge in [0.25, 0.3) is 0 Å². The van der Waals surface area contributed by atoms with E-state index in [1.807, 2.05) is 12.9 Å². The first-order valence-electron chi connectivity index (χ1n) is 2.18. The lowest BCUT2D eigenvalue weighted by Crippen LogP contribution is -2.14. The van der Waals surface area contributed by atoms with Crippen LogP contribution in [0.3, 0.4) is 0 Å². The molecule has 0 radical (unpaired) electrons. The highest BCUT2D eigenvalue weighted by molar-refractivity contribution is 5.85. The Morgan fingerprint density at radius 2 is 2.38 bits per heavy atom. The zero-order chi connectivity index (χ0) is 5.70. The Balaban J connectivity index is 0. The molecule has 0 aromatic heterocycles. The maximum Gasteiger partial charge on any atom is 0.108 e. The van der Waals surface area contributed by atoms with Crippen molar-refractivity contribution in [2.75, 3.05) is 0 Å². The average Bonchev–Trinajstić information content (AvgIpc) is 1.68. The number of halogens is 1. The molecular weight excluding hydrogens is 126 g/mol. The molecule has 0 rings (SSSR count). The summed E-state index contributed by atoms with van der Waals surface area (Å²) in [6.07, 6.45) is 0.545. The Hall–Kier alpha value is -0.370. The number of nitrogens with zero attached hydrogens (tertiary/aromatic N) is 1. The van der Waals surface area contributed by atoms with Crippen molar-refractivity contribution in [2.45, 2.75) is 19.5 Å². The second-order valence-corrected chi connectivity index (χ2v) is 1.22. The maximum absolute atomic E-state index is 6.34. The zero-order valence-corrected chi connectivity index (χ0v) is 5.53. The fourth-order valence-electron chi connectivity index (χ4n) is 0.174. The van der Waals surface area contributed by atoms with Crippen molar-refractivity contribution in [1.29, 1.82) is 5.41 Å². The molecule has 4 heteroatoms. The minimum atomic E-state index is -0.225. The predicted molar refractivity (Wildman–Crippen MR) is 35.7 cm³/mol. The number of nitrogens with one attached hydrogen (secondary N) is 1. The van der Waals surface area contributed by atoms with Gasteiger partial charge in [0.05, 0.1) is 6.01 Å². The van der Waals surface area contributed by atoms with Crippen molar-refractivity contribution in [2.24, 2.45) is 10.7 Å². The van der Waals surface area contributed by atoms with Gasteiger partial charge in [-0.1, -0.05) is 6.92 Å². The molecule has 0 fully saturated rings. The molecule has 0 amide bonds. The van der Waals surface area contributed by atoms with E-state index in [-0.39, 0.29) is 18.6 Å². The van der Waals surface area contributed by atoms with Gasteiger partial charge in [0, 0.05) is 0 Å². The number of nitrogens with two attached hydrogens (primary N) is 1. The van der Waals surface area contributed by atoms with Crippen LogP contribution in [0.4, 0.5) is 0 Å². The normalized spacial score (nSPS) is 10.8. The van der Waals surface area contributed by atoms with E-state index in [1.165, 1.54) is 0 Å². The molecule has 1 unspecified atom stereocenters. The van der Waals surface area contributed by atoms with Crippen LogP contribution < -0.4 is 5.73 Å². The zero-order valence-electron chi connectivity index (χ0n) is 4.72. The van der Waals surface area contributed by atoms with Crippen LogP contribution in [0.2, 0.25) is 0 Å². The maximum atomic E-state index is 6.34. The van der Waals surface area contributed by atoms with Crippen molar-refractivity contribution in [1.82, 2.24) is 0 Å². The summed E-state index contributed by atoms with van der Waals surface area (Å²) in [7, 11) is 0. The van der Waals surface area contributed by atoms with Crippen LogP contribution in [0.25, 0.3) is 0 Å². The lowest BCUT2D eigenvalue weighted by atomic mass is 10.4. The lowest BCUT2D eigenvalue weighted by molar-refractivity contribution is 0.687. The monoisotopic (exact) mass is 135 g/mol. The first kappa shape index (κ1) is 10.6. The van der Waals surface area contributed by atoms with E-state index in [9.17, 15) is 0 Å². The molecule has 0 saturated carbocycles. The van der Waals surface area contributed by atoms with Gasteiger partial charge in [0.15, 0.2) is 0 Å². The summed E-state index contributed by atoms with van der Waals surface area (Å²) in [6, 6.07) is 1.87. The van der Waals surface area contributed by atoms with Crippen molar-refractivity contribution < 1.29 is 0 Å². The molecule has 0 spiro atoms. The Morgan fingerprint density at radius 1 is 1.88 bits per heavy atom. The molecule has 3 N–H and O–H groups in total. The highest BCUT2D eigenvalue weighted by Gasteiger charge is 1.87. The van der Waals surface area contributed by atoms with E-state index in [2.05, 4.69) is 4.99 Å². The van der Waals surface area contributed by atoms with Crippen LogP contribution in [0.5, 0.6) is 0 Å². The molecule has 48 valence electrons. The smallest absolute Gasteiger partial charge is 0.108 e. The number of rotatable bonds is 2. The Morgan fingerprint density at radius 3 is 2.50 bits per heavy atom. The van der Waals surface area contributed by atoms with Gasteiger partial charge < -0.3 is 5.73 Å². The molecule has 0 bridgehead atoms. The van der Waals surface area contributed by atoms with Gasteiger partial charge in [-0.3, -0.25) is 0 Å². The van der Waals surface area contributed by atoms with Crippen molar-refractivity contribution in [3.05, 3.63) is 0 Å². The molecule has 0 aromatic rings. The molecule has 0 heterocycles. The number of hydrogen-bond acceptors (Lipinski definition) is 3. The summed E-state index contributed by atoms with van der Waals surface area (Å²) >= 11 is 0. The topological polar surface area (TPSA) is 62.2 Å². The van der Waals surface area contributed by atoms with Crippen LogP contribution >= 0.6 is 12.4 Å². The van der Waals surface area contributed by atoms with E-state index < -0.39 is 0 Å². The summed E-state index contributed by atoms with van der Waals surface area (Å²) in [5.41, 5.74) is 5.23. The lowest BCUT2D eigenvalue weighted by Gasteiger charge is -1.93. The van der Waals surface area contributed by atoms with Gasteiger partial charge in [-0.2, -0.15) is 0 Å². The minimum absolute atomic E-state index is 0. The van der Waals surface area contributed by atoms with Crippen LogP contribution in [-0.4, -0.2) is 12.2 Å². The van der Waals surface area contributed by atoms with Gasteiger partial charge in [-0.25, -0.2) is 10.4 Å². The number of hydrogen-bond donors (Lipinski definition) is 2. The van der Waals surface area contributed by atoms with E-state index in [1.54, 1.807) is 0 Å². The minimum Gasteiger partial charge on any atom is -0.309 e. The Kier molecular flexibility index (Phi) is 8.77. The third-order valence-corrected chi connectivity index (χ3v) is 0.649. The van der Waals surface area contributed by atoms with Crippen LogP contribution in [0, 0.1) is 5.41 Å². The molecule has 0 aliphatic heterocycles. The SMILES string of the molecule is CCC(N)N=C=N.Cl. The molecule has 0 saturated heterocycles. The third-order valence-electron chi connectivity index (χ3n) is 0.649. The highest BCUT2D eigenvalue weighted by atomic mass is 35.5. The summed E-state index contributed by atoms with van der Waals surface area (Å²) in [5.74, 6) is 0. The molecule has 1 atom stereocenters. The average molecular weight is 136 g/mol. The van der Waals surface area contributed by atoms with Crippen molar-refractivity contribution in [3.8, 4) is 0 Å². The van der Waals surface area contributed by atoms with E-state index >= 15 is 0 Å². The third kappa shape index (κ3) is 5.63. The van der Waals surface area contributed by atoms with Gasteiger partial charge >= 0.3 is 0 Å². The summed E-state index contributed by atoms with van der Waals surface area (Å²) in [6.45, 7) is 1.91. The van der Waals surface area contributed by atoms with E-state index in [0.717, 1.165) is 6.42 Å². The van der Waals surface area contributed by atoms with Gasteiger partial charge in [0.2, 0.25) is 0 Å². The molecular formula is C4H10ClN3. The van der Waals surface area contributed by atoms with E-state index in [4.69, 9.17) is 11.1 Å². The molecule has 0 aromatic carbocycles. The van der Waals surface area contributed by atoms with Crippen molar-refractivity contribution >= 4 is 18.4 Å². The second-order valence-electron chi connectivity index (χ2n) is 1.22. The van der Waals surface area contributed by atoms with E-state index in [0.29, 0.717) is 0 Å².